The number of rotatable bonds is 8. The smallest absolute Gasteiger partial charge is 0.123 e. The summed E-state index contributed by atoms with van der Waals surface area (Å²) in [5.74, 6) is -0.250. The van der Waals surface area contributed by atoms with Crippen molar-refractivity contribution in [3.63, 3.8) is 0 Å². The number of aromatic nitrogens is 1. The van der Waals surface area contributed by atoms with E-state index in [0.717, 1.165) is 44.6 Å². The van der Waals surface area contributed by atoms with Gasteiger partial charge in [0.1, 0.15) is 5.82 Å². The lowest BCUT2D eigenvalue weighted by Crippen LogP contribution is -2.31. The molecule has 1 aromatic heterocycles. The molecule has 0 spiro atoms. The van der Waals surface area contributed by atoms with E-state index in [1.165, 1.54) is 34.4 Å². The maximum Gasteiger partial charge on any atom is 0.123 e. The van der Waals surface area contributed by atoms with Crippen LogP contribution in [0.25, 0.3) is 27.5 Å². The highest BCUT2D eigenvalue weighted by Crippen LogP contribution is 2.46. The van der Waals surface area contributed by atoms with Crippen LogP contribution in [-0.4, -0.2) is 4.57 Å². The van der Waals surface area contributed by atoms with E-state index in [9.17, 15) is 4.39 Å². The van der Waals surface area contributed by atoms with Gasteiger partial charge in [-0.25, -0.2) is 4.39 Å². The number of nitrogens with zero attached hydrogens (tertiary/aromatic N) is 2. The van der Waals surface area contributed by atoms with Gasteiger partial charge < -0.3 is 9.47 Å². The molecule has 52 heavy (non-hydrogen) atoms. The van der Waals surface area contributed by atoms with Crippen molar-refractivity contribution in [2.45, 2.75) is 5.41 Å². The summed E-state index contributed by atoms with van der Waals surface area (Å²) >= 11 is 0. The summed E-state index contributed by atoms with van der Waals surface area (Å²) in [5.41, 5.74) is 10.4. The lowest BCUT2D eigenvalue weighted by atomic mass is 9.65. The number of hydrogen-bond donors (Lipinski definition) is 0. The van der Waals surface area contributed by atoms with E-state index in [-0.39, 0.29) is 5.82 Å². The molecule has 0 amide bonds. The van der Waals surface area contributed by atoms with Gasteiger partial charge in [-0.2, -0.15) is 0 Å². The van der Waals surface area contributed by atoms with E-state index in [4.69, 9.17) is 0 Å². The number of hydrogen-bond acceptors (Lipinski definition) is 1. The first-order valence-electron chi connectivity index (χ1n) is 17.6. The molecule has 0 bridgehead atoms. The van der Waals surface area contributed by atoms with E-state index < -0.39 is 5.41 Å². The number of halogens is 1. The van der Waals surface area contributed by atoms with E-state index in [1.54, 1.807) is 0 Å². The Bertz CT molecular complexity index is 2500. The molecule has 0 aliphatic carbocycles. The Morgan fingerprint density at radius 1 is 0.365 bits per heavy atom. The number of anilines is 3. The Morgan fingerprint density at radius 3 is 1.38 bits per heavy atom. The van der Waals surface area contributed by atoms with Crippen LogP contribution in [-0.2, 0) is 5.41 Å². The third kappa shape index (κ3) is 5.26. The Labute approximate surface area is 303 Å². The highest BCUT2D eigenvalue weighted by Gasteiger charge is 2.38. The minimum absolute atomic E-state index is 0.250. The quantitative estimate of drug-likeness (QED) is 0.146. The van der Waals surface area contributed by atoms with Crippen molar-refractivity contribution in [1.29, 1.82) is 0 Å². The van der Waals surface area contributed by atoms with E-state index in [0.29, 0.717) is 0 Å². The summed E-state index contributed by atoms with van der Waals surface area (Å²) in [7, 11) is 0. The van der Waals surface area contributed by atoms with Crippen LogP contribution < -0.4 is 4.90 Å². The molecule has 248 valence electrons. The van der Waals surface area contributed by atoms with Crippen LogP contribution in [0.1, 0.15) is 22.3 Å². The van der Waals surface area contributed by atoms with Crippen LogP contribution in [0.4, 0.5) is 21.5 Å². The second-order valence-corrected chi connectivity index (χ2v) is 13.1. The zero-order valence-corrected chi connectivity index (χ0v) is 28.5. The molecular weight excluding hydrogens is 636 g/mol. The van der Waals surface area contributed by atoms with Crippen LogP contribution in [0.2, 0.25) is 0 Å². The lowest BCUT2D eigenvalue weighted by molar-refractivity contribution is 0.627. The molecule has 0 saturated carbocycles. The average molecular weight is 671 g/mol. The van der Waals surface area contributed by atoms with Crippen molar-refractivity contribution < 1.29 is 4.39 Å². The molecule has 2 nitrogen and oxygen atoms in total. The zero-order valence-electron chi connectivity index (χ0n) is 28.5. The molecule has 9 aromatic rings. The molecule has 9 rings (SSSR count). The predicted molar refractivity (Wildman–Crippen MR) is 214 cm³/mol. The zero-order chi connectivity index (χ0) is 34.9. The van der Waals surface area contributed by atoms with Crippen molar-refractivity contribution in [2.24, 2.45) is 0 Å². The molecule has 0 unspecified atom stereocenters. The van der Waals surface area contributed by atoms with Crippen molar-refractivity contribution in [3.8, 4) is 5.69 Å². The highest BCUT2D eigenvalue weighted by molar-refractivity contribution is 6.10. The van der Waals surface area contributed by atoms with Gasteiger partial charge in [0.2, 0.25) is 0 Å². The van der Waals surface area contributed by atoms with Gasteiger partial charge in [0.15, 0.2) is 0 Å². The Morgan fingerprint density at radius 2 is 0.808 bits per heavy atom. The van der Waals surface area contributed by atoms with Gasteiger partial charge in [0, 0.05) is 33.5 Å². The number of fused-ring (bicyclic) bond motifs is 3. The van der Waals surface area contributed by atoms with E-state index in [2.05, 4.69) is 191 Å². The molecule has 8 aromatic carbocycles. The molecule has 0 radical (unpaired) electrons. The van der Waals surface area contributed by atoms with Gasteiger partial charge >= 0.3 is 0 Å². The second-order valence-electron chi connectivity index (χ2n) is 13.1. The molecular formula is C49H35FN2. The first kappa shape index (κ1) is 31.3. The summed E-state index contributed by atoms with van der Waals surface area (Å²) in [4.78, 5) is 2.31. The summed E-state index contributed by atoms with van der Waals surface area (Å²) in [5, 5.41) is 2.30. The normalized spacial score (nSPS) is 11.6. The van der Waals surface area contributed by atoms with Crippen LogP contribution in [0.3, 0.4) is 0 Å². The molecule has 0 aliphatic heterocycles. The lowest BCUT2D eigenvalue weighted by Gasteiger charge is -2.37. The monoisotopic (exact) mass is 670 g/mol. The molecule has 0 saturated heterocycles. The minimum atomic E-state index is -0.533. The Hall–Kier alpha value is -6.71. The molecule has 1 heterocycles. The van der Waals surface area contributed by atoms with Crippen LogP contribution in [0, 0.1) is 5.82 Å². The minimum Gasteiger partial charge on any atom is -0.310 e. The maximum atomic E-state index is 14.1. The molecule has 0 N–H and O–H groups in total. The Balaban J connectivity index is 1.24. The van der Waals surface area contributed by atoms with Crippen LogP contribution in [0.5, 0.6) is 0 Å². The van der Waals surface area contributed by atoms with Crippen molar-refractivity contribution in [3.05, 3.63) is 240 Å². The molecule has 0 aliphatic rings. The van der Waals surface area contributed by atoms with Crippen molar-refractivity contribution >= 4 is 38.9 Å². The van der Waals surface area contributed by atoms with E-state index >= 15 is 0 Å². The van der Waals surface area contributed by atoms with Crippen LogP contribution in [0.15, 0.2) is 212 Å². The summed E-state index contributed by atoms with van der Waals surface area (Å²) in [6.07, 6.45) is 0. The third-order valence-electron chi connectivity index (χ3n) is 10.2. The first-order valence-corrected chi connectivity index (χ1v) is 17.6. The second kappa shape index (κ2) is 13.2. The molecule has 3 heteroatoms. The largest absolute Gasteiger partial charge is 0.310 e. The van der Waals surface area contributed by atoms with E-state index in [1.807, 2.05) is 18.2 Å². The Kier molecular flexibility index (Phi) is 7.94. The third-order valence-corrected chi connectivity index (χ3v) is 10.2. The summed E-state index contributed by atoms with van der Waals surface area (Å²) < 4.78 is 16.3. The summed E-state index contributed by atoms with van der Waals surface area (Å²) in [6.45, 7) is 0. The predicted octanol–water partition coefficient (Wildman–Crippen LogP) is 12.8. The summed E-state index contributed by atoms with van der Waals surface area (Å²) in [6, 6.07) is 73.8. The van der Waals surface area contributed by atoms with Gasteiger partial charge in [-0.15, -0.1) is 0 Å². The van der Waals surface area contributed by atoms with Crippen molar-refractivity contribution in [2.75, 3.05) is 4.90 Å². The number of para-hydroxylation sites is 2. The molecule has 0 fully saturated rings. The van der Waals surface area contributed by atoms with Gasteiger partial charge in [-0.05, 0) is 89.0 Å². The SMILES string of the molecule is Fc1ccc(-n2c3ccccc3c3ccc(N(c4ccccc4)c4ccc(C(c5ccccc5)(c5ccccc5)c5ccccc5)cc4)cc32)cc1. The average Bonchev–Trinajstić information content (AvgIpc) is 3.54. The standard InChI is InChI=1S/C49H35FN2/c50-40-27-31-43(32-28-40)52-47-24-14-13-23-45(47)46-34-33-44(35-48(46)52)51(41-21-11-4-12-22-41)42-29-25-39(26-30-42)49(36-15-5-1-6-16-36,37-17-7-2-8-18-37)38-19-9-3-10-20-38/h1-35H. The maximum absolute atomic E-state index is 14.1. The first-order chi connectivity index (χ1) is 25.7. The van der Waals surface area contributed by atoms with Crippen molar-refractivity contribution in [1.82, 2.24) is 4.57 Å². The van der Waals surface area contributed by atoms with Gasteiger partial charge in [0.25, 0.3) is 0 Å². The topological polar surface area (TPSA) is 8.17 Å². The fourth-order valence-corrected chi connectivity index (χ4v) is 7.92. The van der Waals surface area contributed by atoms with Gasteiger partial charge in [-0.3, -0.25) is 0 Å². The number of benzene rings is 8. The molecule has 0 atom stereocenters. The highest BCUT2D eigenvalue weighted by atomic mass is 19.1. The van der Waals surface area contributed by atoms with Gasteiger partial charge in [-0.1, -0.05) is 146 Å². The fraction of sp³-hybridized carbons (Fsp3) is 0.0204. The van der Waals surface area contributed by atoms with Gasteiger partial charge in [0.05, 0.1) is 16.4 Å². The fourth-order valence-electron chi connectivity index (χ4n) is 7.92. The van der Waals surface area contributed by atoms with Crippen LogP contribution >= 0.6 is 0 Å².